The van der Waals surface area contributed by atoms with Crippen LogP contribution in [0.1, 0.15) is 10.5 Å². The molecule has 2 rings (SSSR count). The summed E-state index contributed by atoms with van der Waals surface area (Å²) >= 11 is 8.77. The molecule has 2 aromatic rings. The van der Waals surface area contributed by atoms with Gasteiger partial charge >= 0.3 is 5.97 Å². The standard InChI is InChI=1S/C10H8ClIN2O4S/c1-16-8-4-6(11)5-3-7(10(15)17-2)14(19-18-12)9(5)13-8/h3-4H,1-2H3. The number of rotatable bonds is 4. The fourth-order valence-electron chi connectivity index (χ4n) is 1.54. The number of carbonyl (C=O) groups is 1. The molecule has 0 saturated heterocycles. The van der Waals surface area contributed by atoms with Crippen LogP contribution in [0.15, 0.2) is 12.1 Å². The number of fused-ring (bicyclic) bond motifs is 1. The molecule has 9 heteroatoms. The molecule has 0 saturated carbocycles. The van der Waals surface area contributed by atoms with Crippen LogP contribution in [-0.2, 0) is 7.25 Å². The first-order valence-corrected chi connectivity index (χ1v) is 6.88. The molecule has 0 aliphatic heterocycles. The van der Waals surface area contributed by atoms with Gasteiger partial charge in [-0.1, -0.05) is 11.6 Å². The normalized spacial score (nSPS) is 10.7. The summed E-state index contributed by atoms with van der Waals surface area (Å²) in [6.45, 7) is 0. The summed E-state index contributed by atoms with van der Waals surface area (Å²) < 4.78 is 16.2. The predicted octanol–water partition coefficient (Wildman–Crippen LogP) is 3.26. The van der Waals surface area contributed by atoms with Gasteiger partial charge in [0.2, 0.25) is 5.88 Å². The van der Waals surface area contributed by atoms with Crippen molar-refractivity contribution in [1.29, 1.82) is 0 Å². The van der Waals surface area contributed by atoms with E-state index < -0.39 is 5.97 Å². The molecule has 0 aromatic carbocycles. The Bertz CT molecular complexity index is 634. The van der Waals surface area contributed by atoms with Gasteiger partial charge in [0.05, 0.1) is 19.2 Å². The maximum Gasteiger partial charge on any atom is 0.355 e. The average Bonchev–Trinajstić information content (AvgIpc) is 2.78. The van der Waals surface area contributed by atoms with E-state index in [4.69, 9.17) is 23.6 Å². The lowest BCUT2D eigenvalue weighted by atomic mass is 10.3. The fourth-order valence-corrected chi connectivity index (χ4v) is 2.73. The molecule has 6 nitrogen and oxygen atoms in total. The molecule has 2 heterocycles. The summed E-state index contributed by atoms with van der Waals surface area (Å²) in [5.41, 5.74) is 0.744. The van der Waals surface area contributed by atoms with Crippen LogP contribution in [0.4, 0.5) is 0 Å². The van der Waals surface area contributed by atoms with Crippen molar-refractivity contribution in [1.82, 2.24) is 8.96 Å². The smallest absolute Gasteiger partial charge is 0.355 e. The molecule has 0 fully saturated rings. The van der Waals surface area contributed by atoms with E-state index in [1.54, 1.807) is 35.1 Å². The Morgan fingerprint density at radius 2 is 2.21 bits per heavy atom. The van der Waals surface area contributed by atoms with Crippen molar-refractivity contribution in [3.63, 3.8) is 0 Å². The lowest BCUT2D eigenvalue weighted by Crippen LogP contribution is -2.06. The van der Waals surface area contributed by atoms with Crippen LogP contribution >= 0.6 is 46.8 Å². The van der Waals surface area contributed by atoms with Gasteiger partial charge in [-0.2, -0.15) is 4.98 Å². The van der Waals surface area contributed by atoms with Crippen molar-refractivity contribution >= 4 is 63.8 Å². The zero-order valence-corrected chi connectivity index (χ0v) is 13.6. The zero-order chi connectivity index (χ0) is 14.0. The third-order valence-corrected chi connectivity index (χ3v) is 3.73. The zero-order valence-electron chi connectivity index (χ0n) is 9.85. The van der Waals surface area contributed by atoms with Gasteiger partial charge in [-0.25, -0.2) is 11.3 Å². The third-order valence-electron chi connectivity index (χ3n) is 2.36. The second kappa shape index (κ2) is 6.16. The lowest BCUT2D eigenvalue weighted by molar-refractivity contribution is 0.0593. The van der Waals surface area contributed by atoms with Crippen LogP contribution in [0.3, 0.4) is 0 Å². The number of nitrogens with zero attached hydrogens (tertiary/aromatic N) is 2. The maximum atomic E-state index is 11.7. The van der Waals surface area contributed by atoms with Gasteiger partial charge in [0.25, 0.3) is 0 Å². The minimum atomic E-state index is -0.506. The summed E-state index contributed by atoms with van der Waals surface area (Å²) in [5, 5.41) is 1.05. The lowest BCUT2D eigenvalue weighted by Gasteiger charge is -2.05. The van der Waals surface area contributed by atoms with E-state index in [9.17, 15) is 4.79 Å². The largest absolute Gasteiger partial charge is 0.481 e. The van der Waals surface area contributed by atoms with E-state index in [0.29, 0.717) is 21.9 Å². The minimum Gasteiger partial charge on any atom is -0.481 e. The van der Waals surface area contributed by atoms with Gasteiger partial charge in [-0.15, -0.1) is 0 Å². The van der Waals surface area contributed by atoms with Gasteiger partial charge in [0, 0.05) is 11.5 Å². The van der Waals surface area contributed by atoms with Crippen LogP contribution < -0.4 is 4.74 Å². The van der Waals surface area contributed by atoms with Crippen molar-refractivity contribution in [2.24, 2.45) is 0 Å². The van der Waals surface area contributed by atoms with Gasteiger partial charge in [0.15, 0.2) is 5.65 Å². The molecule has 0 bridgehead atoms. The minimum absolute atomic E-state index is 0.279. The number of aromatic nitrogens is 2. The van der Waals surface area contributed by atoms with Crippen molar-refractivity contribution in [2.45, 2.75) is 0 Å². The molecular weight excluding hydrogens is 407 g/mol. The first kappa shape index (κ1) is 14.7. The average molecular weight is 415 g/mol. The van der Waals surface area contributed by atoms with E-state index in [0.717, 1.165) is 12.2 Å². The van der Waals surface area contributed by atoms with Gasteiger partial charge in [-0.05, 0) is 6.07 Å². The number of pyridine rings is 1. The Hall–Kier alpha value is -0.710. The summed E-state index contributed by atoms with van der Waals surface area (Å²) in [6.07, 6.45) is 0. The number of esters is 1. The molecule has 19 heavy (non-hydrogen) atoms. The van der Waals surface area contributed by atoms with Crippen LogP contribution in [0.5, 0.6) is 5.88 Å². The molecule has 0 aliphatic carbocycles. The van der Waals surface area contributed by atoms with Crippen LogP contribution in [0.25, 0.3) is 11.0 Å². The Morgan fingerprint density at radius 3 is 2.79 bits per heavy atom. The number of hydrogen-bond acceptors (Lipinski definition) is 6. The molecular formula is C10H8ClIN2O4S. The second-order valence-electron chi connectivity index (χ2n) is 3.34. The maximum absolute atomic E-state index is 11.7. The Morgan fingerprint density at radius 1 is 1.47 bits per heavy atom. The van der Waals surface area contributed by atoms with Crippen molar-refractivity contribution in [2.75, 3.05) is 14.2 Å². The highest BCUT2D eigenvalue weighted by Gasteiger charge is 2.20. The Labute approximate surface area is 132 Å². The van der Waals surface area contributed by atoms with Crippen molar-refractivity contribution in [3.05, 3.63) is 22.8 Å². The van der Waals surface area contributed by atoms with E-state index >= 15 is 0 Å². The Balaban J connectivity index is 2.73. The molecule has 0 atom stereocenters. The van der Waals surface area contributed by atoms with Gasteiger partial charge in [-0.3, -0.25) is 0 Å². The molecule has 0 radical (unpaired) electrons. The van der Waals surface area contributed by atoms with Gasteiger partial charge < -0.3 is 9.47 Å². The molecule has 0 spiro atoms. The number of methoxy groups -OCH3 is 2. The summed E-state index contributed by atoms with van der Waals surface area (Å²) in [6, 6.07) is 3.17. The van der Waals surface area contributed by atoms with Gasteiger partial charge in [0.1, 0.15) is 40.9 Å². The van der Waals surface area contributed by atoms with Crippen LogP contribution in [0, 0.1) is 0 Å². The second-order valence-corrected chi connectivity index (χ2v) is 5.46. The quantitative estimate of drug-likeness (QED) is 0.435. The fraction of sp³-hybridized carbons (Fsp3) is 0.200. The summed E-state index contributed by atoms with van der Waals surface area (Å²) in [5.74, 6) is -0.156. The van der Waals surface area contributed by atoms with Crippen molar-refractivity contribution < 1.29 is 16.8 Å². The van der Waals surface area contributed by atoms with Crippen LogP contribution in [-0.4, -0.2) is 29.1 Å². The van der Waals surface area contributed by atoms with E-state index in [-0.39, 0.29) is 5.69 Å². The number of halogens is 2. The van der Waals surface area contributed by atoms with E-state index in [1.165, 1.54) is 18.2 Å². The topological polar surface area (TPSA) is 62.6 Å². The number of ether oxygens (including phenoxy) is 2. The van der Waals surface area contributed by atoms with Crippen LogP contribution in [0.2, 0.25) is 5.02 Å². The monoisotopic (exact) mass is 414 g/mol. The molecule has 2 aromatic heterocycles. The molecule has 0 amide bonds. The predicted molar refractivity (Wildman–Crippen MR) is 80.7 cm³/mol. The first-order chi connectivity index (χ1) is 9.12. The van der Waals surface area contributed by atoms with E-state index in [2.05, 4.69) is 4.98 Å². The molecule has 0 unspecified atom stereocenters. The summed E-state index contributed by atoms with van der Waals surface area (Å²) in [4.78, 5) is 16.0. The summed E-state index contributed by atoms with van der Waals surface area (Å²) in [7, 11) is 2.79. The van der Waals surface area contributed by atoms with Crippen molar-refractivity contribution in [3.8, 4) is 5.88 Å². The highest BCUT2D eigenvalue weighted by Crippen LogP contribution is 2.32. The first-order valence-electron chi connectivity index (χ1n) is 4.92. The SMILES string of the molecule is COC(=O)c1cc2c(Cl)cc(OC)nc2n1SOI. The molecule has 0 aliphatic rings. The molecule has 0 N–H and O–H groups in total. The number of hydrogen-bond donors (Lipinski definition) is 0. The third kappa shape index (κ3) is 2.76. The Kier molecular flexibility index (Phi) is 4.76. The highest BCUT2D eigenvalue weighted by molar-refractivity contribution is 14.1. The molecule has 102 valence electrons. The van der Waals surface area contributed by atoms with E-state index in [1.807, 2.05) is 0 Å². The number of carbonyl (C=O) groups excluding carboxylic acids is 1. The highest BCUT2D eigenvalue weighted by atomic mass is 127.